The molecule has 1 fully saturated rings. The third kappa shape index (κ3) is 4.58. The Kier molecular flexibility index (Phi) is 5.97. The van der Waals surface area contributed by atoms with E-state index in [1.54, 1.807) is 23.7 Å². The zero-order chi connectivity index (χ0) is 19.4. The second kappa shape index (κ2) is 8.40. The number of ether oxygens (including phenoxy) is 1. The fraction of sp³-hybridized carbons (Fsp3) is 0.471. The maximum atomic E-state index is 12.0. The Balaban J connectivity index is 1.73. The molecule has 0 amide bonds. The fourth-order valence-corrected chi connectivity index (χ4v) is 3.43. The summed E-state index contributed by atoms with van der Waals surface area (Å²) < 4.78 is 12.2. The molecular formula is C17H21N4O5S+. The van der Waals surface area contributed by atoms with Crippen molar-refractivity contribution in [3.8, 4) is 11.5 Å². The second-order valence-corrected chi connectivity index (χ2v) is 6.78. The van der Waals surface area contributed by atoms with Crippen molar-refractivity contribution in [1.29, 1.82) is 0 Å². The van der Waals surface area contributed by atoms with E-state index in [-0.39, 0.29) is 28.3 Å². The fourth-order valence-electron chi connectivity index (χ4n) is 3.24. The molecule has 0 bridgehead atoms. The third-order valence-electron chi connectivity index (χ3n) is 4.52. The molecule has 0 radical (unpaired) electrons. The van der Waals surface area contributed by atoms with E-state index in [2.05, 4.69) is 5.10 Å². The van der Waals surface area contributed by atoms with Gasteiger partial charge in [-0.15, -0.1) is 5.10 Å². The van der Waals surface area contributed by atoms with Gasteiger partial charge in [0.2, 0.25) is 5.89 Å². The predicted octanol–water partition coefficient (Wildman–Crippen LogP) is 1.60. The van der Waals surface area contributed by atoms with E-state index < -0.39 is 4.92 Å². The number of non-ortho nitro benzene ring substituents is 1. The Bertz CT molecular complexity index is 893. The highest BCUT2D eigenvalue weighted by Crippen LogP contribution is 2.22. The molecule has 1 aromatic carbocycles. The normalized spacial score (nSPS) is 19.6. The van der Waals surface area contributed by atoms with Crippen LogP contribution in [0, 0.1) is 20.9 Å². The Morgan fingerprint density at radius 1 is 1.56 bits per heavy atom. The summed E-state index contributed by atoms with van der Waals surface area (Å²) in [5, 5.41) is 15.3. The standard InChI is InChI=1S/C17H20N4O5S/c1-2-25-16(22)13-6-4-8-19(10-13)11-20-17(27)26-15(18-20)12-5-3-7-14(9-12)21(23)24/h3,5,7,9,13H,2,4,6,8,10-11H2,1H3/p+1/t13-/m1/s1. The van der Waals surface area contributed by atoms with Crippen molar-refractivity contribution in [1.82, 2.24) is 9.78 Å². The summed E-state index contributed by atoms with van der Waals surface area (Å²) in [6.45, 7) is 4.20. The summed E-state index contributed by atoms with van der Waals surface area (Å²) in [6, 6.07) is 6.06. The molecule has 0 spiro atoms. The molecule has 144 valence electrons. The monoisotopic (exact) mass is 393 g/mol. The van der Waals surface area contributed by atoms with E-state index >= 15 is 0 Å². The number of quaternary nitrogens is 1. The number of rotatable bonds is 6. The highest BCUT2D eigenvalue weighted by Gasteiger charge is 2.30. The van der Waals surface area contributed by atoms with Crippen LogP contribution >= 0.6 is 12.2 Å². The van der Waals surface area contributed by atoms with Crippen molar-refractivity contribution >= 4 is 23.9 Å². The average molecular weight is 393 g/mol. The molecule has 1 unspecified atom stereocenters. The van der Waals surface area contributed by atoms with Gasteiger partial charge in [-0.2, -0.15) is 4.68 Å². The van der Waals surface area contributed by atoms with Gasteiger partial charge in [-0.1, -0.05) is 6.07 Å². The van der Waals surface area contributed by atoms with E-state index in [9.17, 15) is 14.9 Å². The second-order valence-electron chi connectivity index (χ2n) is 6.43. The number of nitrogens with one attached hydrogen (secondary N) is 1. The lowest BCUT2D eigenvalue weighted by molar-refractivity contribution is -0.930. The smallest absolute Gasteiger partial charge is 0.314 e. The molecule has 10 heteroatoms. The summed E-state index contributed by atoms with van der Waals surface area (Å²) >= 11 is 5.24. The zero-order valence-corrected chi connectivity index (χ0v) is 15.7. The van der Waals surface area contributed by atoms with E-state index in [1.165, 1.54) is 12.1 Å². The molecule has 0 saturated carbocycles. The molecule has 1 saturated heterocycles. The number of hydrogen-bond acceptors (Lipinski definition) is 7. The number of nitro benzene ring substituents is 1. The van der Waals surface area contributed by atoms with Crippen molar-refractivity contribution in [2.45, 2.75) is 26.4 Å². The molecule has 2 atom stereocenters. The lowest BCUT2D eigenvalue weighted by Crippen LogP contribution is -3.13. The number of hydrogen-bond donors (Lipinski definition) is 1. The maximum absolute atomic E-state index is 12.0. The van der Waals surface area contributed by atoms with Gasteiger partial charge >= 0.3 is 5.97 Å². The van der Waals surface area contributed by atoms with Gasteiger partial charge in [0.25, 0.3) is 10.5 Å². The molecule has 1 aromatic heterocycles. The van der Waals surface area contributed by atoms with Gasteiger partial charge in [0, 0.05) is 17.7 Å². The summed E-state index contributed by atoms with van der Waals surface area (Å²) in [6.07, 6.45) is 1.74. The van der Waals surface area contributed by atoms with Crippen LogP contribution < -0.4 is 4.90 Å². The number of piperidine rings is 1. The van der Waals surface area contributed by atoms with Gasteiger partial charge in [-0.25, -0.2) is 0 Å². The summed E-state index contributed by atoms with van der Waals surface area (Å²) in [4.78, 5) is 23.8. The quantitative estimate of drug-likeness (QED) is 0.344. The van der Waals surface area contributed by atoms with Gasteiger partial charge in [0.15, 0.2) is 6.67 Å². The van der Waals surface area contributed by atoms with Crippen molar-refractivity contribution in [3.63, 3.8) is 0 Å². The maximum Gasteiger partial charge on any atom is 0.314 e. The lowest BCUT2D eigenvalue weighted by atomic mass is 9.99. The van der Waals surface area contributed by atoms with Crippen LogP contribution in [-0.2, 0) is 16.2 Å². The highest BCUT2D eigenvalue weighted by atomic mass is 32.1. The first-order valence-electron chi connectivity index (χ1n) is 8.81. The molecule has 3 rings (SSSR count). The van der Waals surface area contributed by atoms with E-state index in [0.29, 0.717) is 25.4 Å². The van der Waals surface area contributed by atoms with Crippen molar-refractivity contribution in [3.05, 3.63) is 39.2 Å². The van der Waals surface area contributed by atoms with Crippen LogP contribution in [-0.4, -0.2) is 40.4 Å². The van der Waals surface area contributed by atoms with Crippen LogP contribution in [0.25, 0.3) is 11.5 Å². The van der Waals surface area contributed by atoms with Gasteiger partial charge < -0.3 is 14.1 Å². The first-order valence-corrected chi connectivity index (χ1v) is 9.21. The third-order valence-corrected chi connectivity index (χ3v) is 4.82. The number of nitro groups is 1. The largest absolute Gasteiger partial charge is 0.466 e. The number of benzene rings is 1. The molecule has 1 N–H and O–H groups in total. The van der Waals surface area contributed by atoms with E-state index in [1.807, 2.05) is 0 Å². The van der Waals surface area contributed by atoms with Gasteiger partial charge in [0.05, 0.1) is 24.6 Å². The molecule has 0 aliphatic carbocycles. The number of esters is 1. The van der Waals surface area contributed by atoms with Gasteiger partial charge in [-0.3, -0.25) is 14.9 Å². The summed E-state index contributed by atoms with van der Waals surface area (Å²) in [7, 11) is 0. The van der Waals surface area contributed by atoms with Gasteiger partial charge in [0.1, 0.15) is 5.92 Å². The topological polar surface area (TPSA) is 105 Å². The van der Waals surface area contributed by atoms with Crippen LogP contribution in [0.2, 0.25) is 0 Å². The Labute approximate surface area is 160 Å². The average Bonchev–Trinajstić information content (AvgIpc) is 3.03. The minimum Gasteiger partial charge on any atom is -0.466 e. The van der Waals surface area contributed by atoms with Crippen LogP contribution in [0.1, 0.15) is 19.8 Å². The minimum absolute atomic E-state index is 0.0397. The Hall–Kier alpha value is -2.59. The molecule has 2 heterocycles. The predicted molar refractivity (Wildman–Crippen MR) is 97.5 cm³/mol. The van der Waals surface area contributed by atoms with Crippen molar-refractivity contribution in [2.75, 3.05) is 19.7 Å². The first-order chi connectivity index (χ1) is 13.0. The van der Waals surface area contributed by atoms with E-state index in [4.69, 9.17) is 21.4 Å². The number of nitrogens with zero attached hydrogens (tertiary/aromatic N) is 3. The summed E-state index contributed by atoms with van der Waals surface area (Å²) in [5.41, 5.74) is 0.453. The Morgan fingerprint density at radius 2 is 2.37 bits per heavy atom. The molecular weight excluding hydrogens is 372 g/mol. The highest BCUT2D eigenvalue weighted by molar-refractivity contribution is 7.71. The number of aromatic nitrogens is 2. The number of likely N-dealkylation sites (tertiary alicyclic amines) is 1. The van der Waals surface area contributed by atoms with Crippen LogP contribution in [0.3, 0.4) is 0 Å². The minimum atomic E-state index is -0.470. The van der Waals surface area contributed by atoms with Crippen molar-refractivity contribution < 1.29 is 23.8 Å². The molecule has 9 nitrogen and oxygen atoms in total. The van der Waals surface area contributed by atoms with Gasteiger partial charge in [-0.05, 0) is 38.0 Å². The molecule has 1 aliphatic rings. The van der Waals surface area contributed by atoms with Crippen LogP contribution in [0.5, 0.6) is 0 Å². The SMILES string of the molecule is CCOC(=O)[C@@H]1CCC[NH+](Cn2nc(-c3cccc([N+](=O)[O-])c3)oc2=S)C1. The molecule has 2 aromatic rings. The van der Waals surface area contributed by atoms with Crippen LogP contribution in [0.4, 0.5) is 5.69 Å². The first kappa shape index (κ1) is 19.2. The molecule has 27 heavy (non-hydrogen) atoms. The lowest BCUT2D eigenvalue weighted by Gasteiger charge is -2.28. The zero-order valence-electron chi connectivity index (χ0n) is 14.9. The number of carbonyl (C=O) groups is 1. The van der Waals surface area contributed by atoms with Crippen molar-refractivity contribution in [2.24, 2.45) is 5.92 Å². The number of carbonyl (C=O) groups excluding carboxylic acids is 1. The van der Waals surface area contributed by atoms with Crippen LogP contribution in [0.15, 0.2) is 28.7 Å². The molecule has 1 aliphatic heterocycles. The van der Waals surface area contributed by atoms with E-state index in [0.717, 1.165) is 24.3 Å². The summed E-state index contributed by atoms with van der Waals surface area (Å²) in [5.74, 6) is -0.0381. The Morgan fingerprint density at radius 3 is 3.11 bits per heavy atom.